The molecule has 0 spiro atoms. The van der Waals surface area contributed by atoms with Crippen LogP contribution < -0.4 is 0 Å². The molecule has 1 aliphatic heterocycles. The number of piperidine rings is 1. The van der Waals surface area contributed by atoms with Crippen molar-refractivity contribution in [2.24, 2.45) is 11.8 Å². The van der Waals surface area contributed by atoms with Crippen LogP contribution in [0.5, 0.6) is 0 Å². The number of amides is 1. The van der Waals surface area contributed by atoms with Crippen molar-refractivity contribution in [3.8, 4) is 0 Å². The second kappa shape index (κ2) is 5.66. The maximum atomic E-state index is 12.6. The molecule has 0 aromatic heterocycles. The Morgan fingerprint density at radius 3 is 2.58 bits per heavy atom. The second-order valence-electron chi connectivity index (χ2n) is 5.82. The van der Waals surface area contributed by atoms with Crippen LogP contribution in [0.3, 0.4) is 0 Å². The number of likely N-dealkylation sites (tertiary alicyclic amines) is 1. The van der Waals surface area contributed by atoms with E-state index in [2.05, 4.69) is 45.1 Å². The van der Waals surface area contributed by atoms with Crippen LogP contribution in [0.15, 0.2) is 24.3 Å². The van der Waals surface area contributed by atoms with Crippen LogP contribution in [0.1, 0.15) is 24.0 Å². The Labute approximate surface area is 123 Å². The molecule has 1 unspecified atom stereocenters. The molecule has 1 amide bonds. The number of carbonyl (C=O) groups excluding carboxylic acids is 1. The molecule has 1 aliphatic carbocycles. The third-order valence-electron chi connectivity index (χ3n) is 4.45. The lowest BCUT2D eigenvalue weighted by Crippen LogP contribution is -2.43. The zero-order valence-electron chi connectivity index (χ0n) is 11.1. The number of alkyl halides is 1. The molecule has 0 radical (unpaired) electrons. The number of fused-ring (bicyclic) bond motifs is 1. The Kier molecular flexibility index (Phi) is 3.92. The Morgan fingerprint density at radius 2 is 1.95 bits per heavy atom. The Bertz CT molecular complexity index is 449. The van der Waals surface area contributed by atoms with Gasteiger partial charge in [0.05, 0.1) is 0 Å². The maximum absolute atomic E-state index is 12.6. The number of carbonyl (C=O) groups is 1. The van der Waals surface area contributed by atoms with Crippen LogP contribution >= 0.6 is 15.9 Å². The molecule has 0 saturated carbocycles. The van der Waals surface area contributed by atoms with Gasteiger partial charge in [0.1, 0.15) is 0 Å². The van der Waals surface area contributed by atoms with E-state index in [9.17, 15) is 4.79 Å². The van der Waals surface area contributed by atoms with Gasteiger partial charge < -0.3 is 4.90 Å². The summed E-state index contributed by atoms with van der Waals surface area (Å²) < 4.78 is 0. The molecule has 3 heteroatoms. The van der Waals surface area contributed by atoms with Gasteiger partial charge in [0.2, 0.25) is 5.91 Å². The summed E-state index contributed by atoms with van der Waals surface area (Å²) in [7, 11) is 0. The fraction of sp³-hybridized carbons (Fsp3) is 0.562. The first-order valence-corrected chi connectivity index (χ1v) is 8.31. The van der Waals surface area contributed by atoms with Crippen molar-refractivity contribution in [3.05, 3.63) is 35.4 Å². The van der Waals surface area contributed by atoms with Crippen molar-refractivity contribution >= 4 is 21.8 Å². The van der Waals surface area contributed by atoms with Crippen LogP contribution in [0.25, 0.3) is 0 Å². The molecule has 2 nitrogen and oxygen atoms in total. The van der Waals surface area contributed by atoms with Gasteiger partial charge in [-0.15, -0.1) is 0 Å². The third kappa shape index (κ3) is 2.71. The molecule has 1 heterocycles. The monoisotopic (exact) mass is 321 g/mol. The van der Waals surface area contributed by atoms with Crippen LogP contribution in [0.2, 0.25) is 0 Å². The lowest BCUT2D eigenvalue weighted by Gasteiger charge is -2.33. The van der Waals surface area contributed by atoms with Gasteiger partial charge in [-0.3, -0.25) is 4.79 Å². The quantitative estimate of drug-likeness (QED) is 0.767. The molecule has 1 saturated heterocycles. The van der Waals surface area contributed by atoms with E-state index < -0.39 is 0 Å². The Morgan fingerprint density at radius 1 is 1.26 bits per heavy atom. The number of nitrogens with zero attached hydrogens (tertiary/aromatic N) is 1. The number of hydrogen-bond donors (Lipinski definition) is 0. The van der Waals surface area contributed by atoms with Crippen LogP contribution in [0.4, 0.5) is 0 Å². The van der Waals surface area contributed by atoms with Gasteiger partial charge in [-0.2, -0.15) is 0 Å². The van der Waals surface area contributed by atoms with Gasteiger partial charge in [0.25, 0.3) is 0 Å². The summed E-state index contributed by atoms with van der Waals surface area (Å²) in [4.78, 5) is 14.7. The first-order valence-electron chi connectivity index (χ1n) is 7.19. The topological polar surface area (TPSA) is 20.3 Å². The first-order chi connectivity index (χ1) is 9.28. The number of halogens is 1. The van der Waals surface area contributed by atoms with Crippen molar-refractivity contribution in [1.82, 2.24) is 4.90 Å². The summed E-state index contributed by atoms with van der Waals surface area (Å²) in [5.41, 5.74) is 2.74. The zero-order chi connectivity index (χ0) is 13.2. The summed E-state index contributed by atoms with van der Waals surface area (Å²) in [6, 6.07) is 8.49. The zero-order valence-corrected chi connectivity index (χ0v) is 12.7. The number of hydrogen-bond acceptors (Lipinski definition) is 1. The first kappa shape index (κ1) is 13.2. The van der Waals surface area contributed by atoms with Crippen molar-refractivity contribution in [2.45, 2.75) is 25.7 Å². The predicted molar refractivity (Wildman–Crippen MR) is 80.4 cm³/mol. The molecule has 0 bridgehead atoms. The number of benzene rings is 1. The summed E-state index contributed by atoms with van der Waals surface area (Å²) in [5, 5.41) is 1.02. The summed E-state index contributed by atoms with van der Waals surface area (Å²) in [6.07, 6.45) is 4.27. The highest BCUT2D eigenvalue weighted by molar-refractivity contribution is 9.09. The highest BCUT2D eigenvalue weighted by Gasteiger charge is 2.32. The molecule has 1 fully saturated rings. The maximum Gasteiger partial charge on any atom is 0.226 e. The molecule has 3 rings (SSSR count). The van der Waals surface area contributed by atoms with Gasteiger partial charge in [-0.25, -0.2) is 0 Å². The van der Waals surface area contributed by atoms with E-state index >= 15 is 0 Å². The molecule has 2 aliphatic rings. The van der Waals surface area contributed by atoms with Crippen LogP contribution in [-0.2, 0) is 17.6 Å². The van der Waals surface area contributed by atoms with E-state index in [0.717, 1.165) is 37.7 Å². The molecule has 19 heavy (non-hydrogen) atoms. The van der Waals surface area contributed by atoms with E-state index in [0.29, 0.717) is 11.8 Å². The average molecular weight is 322 g/mol. The Balaban J connectivity index is 1.66. The SMILES string of the molecule is O=C(C1Cc2ccccc2C1)N1CCCC(CBr)C1. The smallest absolute Gasteiger partial charge is 0.226 e. The minimum Gasteiger partial charge on any atom is -0.342 e. The molecular formula is C16H20BrNO. The van der Waals surface area contributed by atoms with E-state index in [1.165, 1.54) is 17.5 Å². The standard InChI is InChI=1S/C16H20BrNO/c17-10-12-4-3-7-18(11-12)16(19)15-8-13-5-1-2-6-14(13)9-15/h1-2,5-6,12,15H,3-4,7-11H2. The van der Waals surface area contributed by atoms with Gasteiger partial charge >= 0.3 is 0 Å². The van der Waals surface area contributed by atoms with Crippen molar-refractivity contribution in [1.29, 1.82) is 0 Å². The fourth-order valence-corrected chi connectivity index (χ4v) is 3.91. The molecular weight excluding hydrogens is 302 g/mol. The van der Waals surface area contributed by atoms with E-state index in [1.54, 1.807) is 0 Å². The second-order valence-corrected chi connectivity index (χ2v) is 6.47. The van der Waals surface area contributed by atoms with Gasteiger partial charge in [-0.1, -0.05) is 40.2 Å². The van der Waals surface area contributed by atoms with Crippen molar-refractivity contribution in [2.75, 3.05) is 18.4 Å². The highest BCUT2D eigenvalue weighted by Crippen LogP contribution is 2.29. The van der Waals surface area contributed by atoms with Gasteiger partial charge in [0, 0.05) is 24.3 Å². The van der Waals surface area contributed by atoms with Crippen molar-refractivity contribution in [3.63, 3.8) is 0 Å². The third-order valence-corrected chi connectivity index (χ3v) is 5.36. The van der Waals surface area contributed by atoms with Gasteiger partial charge in [0.15, 0.2) is 0 Å². The van der Waals surface area contributed by atoms with Gasteiger partial charge in [-0.05, 0) is 42.7 Å². The Hall–Kier alpha value is -0.830. The summed E-state index contributed by atoms with van der Waals surface area (Å²) in [5.74, 6) is 1.20. The van der Waals surface area contributed by atoms with Crippen LogP contribution in [0, 0.1) is 11.8 Å². The predicted octanol–water partition coefficient (Wildman–Crippen LogP) is 3.03. The normalized spacial score (nSPS) is 23.4. The molecule has 1 aromatic carbocycles. The molecule has 102 valence electrons. The van der Waals surface area contributed by atoms with Crippen LogP contribution in [-0.4, -0.2) is 29.2 Å². The summed E-state index contributed by atoms with van der Waals surface area (Å²) >= 11 is 3.56. The van der Waals surface area contributed by atoms with E-state index in [4.69, 9.17) is 0 Å². The summed E-state index contributed by atoms with van der Waals surface area (Å²) in [6.45, 7) is 1.89. The fourth-order valence-electron chi connectivity index (χ4n) is 3.38. The minimum atomic E-state index is 0.187. The molecule has 1 atom stereocenters. The number of rotatable bonds is 2. The molecule has 0 N–H and O–H groups in total. The largest absolute Gasteiger partial charge is 0.342 e. The minimum absolute atomic E-state index is 0.187. The average Bonchev–Trinajstić information content (AvgIpc) is 2.90. The van der Waals surface area contributed by atoms with E-state index in [1.807, 2.05) is 0 Å². The lowest BCUT2D eigenvalue weighted by atomic mass is 9.97. The lowest BCUT2D eigenvalue weighted by molar-refractivity contribution is -0.136. The van der Waals surface area contributed by atoms with Crippen molar-refractivity contribution < 1.29 is 4.79 Å². The highest BCUT2D eigenvalue weighted by atomic mass is 79.9. The molecule has 1 aromatic rings. The van der Waals surface area contributed by atoms with E-state index in [-0.39, 0.29) is 5.92 Å².